The first-order valence-electron chi connectivity index (χ1n) is 6.78. The third kappa shape index (κ3) is 2.63. The number of furan rings is 1. The summed E-state index contributed by atoms with van der Waals surface area (Å²) in [6, 6.07) is 7.85. The molecule has 2 aromatic rings. The molecule has 0 saturated carbocycles. The lowest BCUT2D eigenvalue weighted by atomic mass is 10.1. The van der Waals surface area contributed by atoms with Gasteiger partial charge in [0, 0.05) is 30.6 Å². The lowest BCUT2D eigenvalue weighted by Crippen LogP contribution is -2.35. The van der Waals surface area contributed by atoms with Crippen LogP contribution < -0.4 is 5.32 Å². The molecule has 1 fully saturated rings. The number of benzene rings is 1. The number of para-hydroxylation sites is 1. The van der Waals surface area contributed by atoms with Gasteiger partial charge in [-0.05, 0) is 19.0 Å². The van der Waals surface area contributed by atoms with Gasteiger partial charge in [0.25, 0.3) is 0 Å². The van der Waals surface area contributed by atoms with E-state index < -0.39 is 0 Å². The van der Waals surface area contributed by atoms with Gasteiger partial charge in [-0.2, -0.15) is 0 Å². The molecule has 0 aliphatic carbocycles. The van der Waals surface area contributed by atoms with Gasteiger partial charge in [-0.1, -0.05) is 18.2 Å². The normalized spacial score (nSPS) is 16.5. The predicted octanol–water partition coefficient (Wildman–Crippen LogP) is 1.80. The predicted molar refractivity (Wildman–Crippen MR) is 74.0 cm³/mol. The number of nitrogens with one attached hydrogen (secondary N) is 1. The van der Waals surface area contributed by atoms with Crippen molar-refractivity contribution >= 4 is 16.9 Å². The Labute approximate surface area is 112 Å². The molecule has 0 bridgehead atoms. The Morgan fingerprint density at radius 1 is 1.26 bits per heavy atom. The average Bonchev–Trinajstić information content (AvgIpc) is 2.66. The monoisotopic (exact) mass is 258 g/mol. The van der Waals surface area contributed by atoms with Gasteiger partial charge < -0.3 is 14.6 Å². The van der Waals surface area contributed by atoms with Gasteiger partial charge in [0.2, 0.25) is 5.91 Å². The van der Waals surface area contributed by atoms with Crippen molar-refractivity contribution in [3.8, 4) is 0 Å². The van der Waals surface area contributed by atoms with Crippen molar-refractivity contribution < 1.29 is 9.21 Å². The third-order valence-corrected chi connectivity index (χ3v) is 3.60. The summed E-state index contributed by atoms with van der Waals surface area (Å²) in [5, 5.41) is 4.35. The largest absolute Gasteiger partial charge is 0.464 e. The maximum atomic E-state index is 12.3. The quantitative estimate of drug-likeness (QED) is 0.893. The Morgan fingerprint density at radius 2 is 2.16 bits per heavy atom. The number of fused-ring (bicyclic) bond motifs is 1. The fourth-order valence-electron chi connectivity index (χ4n) is 2.54. The van der Waals surface area contributed by atoms with Gasteiger partial charge in [0.1, 0.15) is 5.58 Å². The van der Waals surface area contributed by atoms with E-state index in [1.165, 1.54) is 0 Å². The number of carbonyl (C=O) groups excluding carboxylic acids is 1. The maximum Gasteiger partial charge on any atom is 0.227 e. The average molecular weight is 258 g/mol. The number of hydrogen-bond donors (Lipinski definition) is 1. The smallest absolute Gasteiger partial charge is 0.227 e. The molecular weight excluding hydrogens is 240 g/mol. The number of rotatable bonds is 2. The summed E-state index contributed by atoms with van der Waals surface area (Å²) in [4.78, 5) is 14.3. The summed E-state index contributed by atoms with van der Waals surface area (Å²) in [6.45, 7) is 3.53. The molecule has 19 heavy (non-hydrogen) atoms. The molecule has 100 valence electrons. The first kappa shape index (κ1) is 12.2. The van der Waals surface area contributed by atoms with Crippen molar-refractivity contribution in [2.75, 3.05) is 26.2 Å². The highest BCUT2D eigenvalue weighted by Crippen LogP contribution is 2.21. The molecule has 0 spiro atoms. The van der Waals surface area contributed by atoms with Crippen LogP contribution in [0.4, 0.5) is 0 Å². The van der Waals surface area contributed by atoms with Crippen LogP contribution in [0.2, 0.25) is 0 Å². The highest BCUT2D eigenvalue weighted by molar-refractivity contribution is 5.87. The Balaban J connectivity index is 1.75. The molecule has 1 aliphatic rings. The number of nitrogens with zero attached hydrogens (tertiary/aromatic N) is 1. The van der Waals surface area contributed by atoms with Crippen molar-refractivity contribution in [2.24, 2.45) is 0 Å². The second-order valence-corrected chi connectivity index (χ2v) is 4.92. The Morgan fingerprint density at radius 3 is 3.11 bits per heavy atom. The fourth-order valence-corrected chi connectivity index (χ4v) is 2.54. The second-order valence-electron chi connectivity index (χ2n) is 4.92. The molecule has 0 radical (unpaired) electrons. The minimum absolute atomic E-state index is 0.190. The van der Waals surface area contributed by atoms with E-state index >= 15 is 0 Å². The minimum Gasteiger partial charge on any atom is -0.464 e. The molecule has 1 saturated heterocycles. The summed E-state index contributed by atoms with van der Waals surface area (Å²) in [5.74, 6) is 0.190. The highest BCUT2D eigenvalue weighted by Gasteiger charge is 2.17. The van der Waals surface area contributed by atoms with E-state index in [1.807, 2.05) is 29.2 Å². The van der Waals surface area contributed by atoms with Crippen LogP contribution in [0, 0.1) is 0 Å². The fraction of sp³-hybridized carbons (Fsp3) is 0.400. The van der Waals surface area contributed by atoms with E-state index in [9.17, 15) is 4.79 Å². The highest BCUT2D eigenvalue weighted by atomic mass is 16.3. The lowest BCUT2D eigenvalue weighted by Gasteiger charge is -2.19. The summed E-state index contributed by atoms with van der Waals surface area (Å²) in [6.07, 6.45) is 3.16. The summed E-state index contributed by atoms with van der Waals surface area (Å²) < 4.78 is 5.48. The van der Waals surface area contributed by atoms with Crippen LogP contribution in [-0.2, 0) is 11.2 Å². The lowest BCUT2D eigenvalue weighted by molar-refractivity contribution is -0.130. The molecule has 1 N–H and O–H groups in total. The Bertz CT molecular complexity index is 568. The molecule has 4 nitrogen and oxygen atoms in total. The summed E-state index contributed by atoms with van der Waals surface area (Å²) in [5.41, 5.74) is 1.83. The zero-order valence-electron chi connectivity index (χ0n) is 10.9. The minimum atomic E-state index is 0.190. The second kappa shape index (κ2) is 5.45. The molecule has 4 heteroatoms. The molecule has 1 amide bonds. The van der Waals surface area contributed by atoms with Crippen molar-refractivity contribution in [3.63, 3.8) is 0 Å². The standard InChI is InChI=1S/C15H18N2O2/c18-15(17-8-3-6-16-7-9-17)10-12-11-19-14-5-2-1-4-13(12)14/h1-2,4-5,11,16H,3,6-10H2. The SMILES string of the molecule is O=C(Cc1coc2ccccc12)N1CCCNCC1. The van der Waals surface area contributed by atoms with Crippen LogP contribution in [0.5, 0.6) is 0 Å². The maximum absolute atomic E-state index is 12.3. The van der Waals surface area contributed by atoms with Crippen LogP contribution in [0.1, 0.15) is 12.0 Å². The van der Waals surface area contributed by atoms with Crippen molar-refractivity contribution in [3.05, 3.63) is 36.1 Å². The van der Waals surface area contributed by atoms with Crippen molar-refractivity contribution in [1.29, 1.82) is 0 Å². The zero-order valence-corrected chi connectivity index (χ0v) is 10.9. The van der Waals surface area contributed by atoms with Crippen LogP contribution >= 0.6 is 0 Å². The van der Waals surface area contributed by atoms with E-state index in [0.29, 0.717) is 6.42 Å². The molecule has 2 heterocycles. The molecule has 3 rings (SSSR count). The first-order valence-corrected chi connectivity index (χ1v) is 6.78. The van der Waals surface area contributed by atoms with Crippen molar-refractivity contribution in [2.45, 2.75) is 12.8 Å². The van der Waals surface area contributed by atoms with Gasteiger partial charge >= 0.3 is 0 Å². The van der Waals surface area contributed by atoms with E-state index in [1.54, 1.807) is 6.26 Å². The van der Waals surface area contributed by atoms with Crippen LogP contribution in [0.15, 0.2) is 34.9 Å². The van der Waals surface area contributed by atoms with Gasteiger partial charge in [-0.15, -0.1) is 0 Å². The molecule has 1 aliphatic heterocycles. The molecule has 0 unspecified atom stereocenters. The van der Waals surface area contributed by atoms with Crippen molar-refractivity contribution in [1.82, 2.24) is 10.2 Å². The molecular formula is C15H18N2O2. The topological polar surface area (TPSA) is 45.5 Å². The molecule has 0 atom stereocenters. The zero-order chi connectivity index (χ0) is 13.1. The Hall–Kier alpha value is -1.81. The van der Waals surface area contributed by atoms with E-state index in [2.05, 4.69) is 5.32 Å². The van der Waals surface area contributed by atoms with E-state index in [0.717, 1.165) is 49.1 Å². The van der Waals surface area contributed by atoms with E-state index in [4.69, 9.17) is 4.42 Å². The first-order chi connectivity index (χ1) is 9.34. The number of carbonyl (C=O) groups is 1. The van der Waals surface area contributed by atoms with Gasteiger partial charge in [-0.3, -0.25) is 4.79 Å². The van der Waals surface area contributed by atoms with Crippen LogP contribution in [0.25, 0.3) is 11.0 Å². The summed E-state index contributed by atoms with van der Waals surface area (Å²) >= 11 is 0. The van der Waals surface area contributed by atoms with Gasteiger partial charge in [-0.25, -0.2) is 0 Å². The molecule has 1 aromatic carbocycles. The Kier molecular flexibility index (Phi) is 3.51. The van der Waals surface area contributed by atoms with E-state index in [-0.39, 0.29) is 5.91 Å². The van der Waals surface area contributed by atoms with Gasteiger partial charge in [0.05, 0.1) is 12.7 Å². The van der Waals surface area contributed by atoms with Gasteiger partial charge in [0.15, 0.2) is 0 Å². The third-order valence-electron chi connectivity index (χ3n) is 3.60. The van der Waals surface area contributed by atoms with Crippen LogP contribution in [-0.4, -0.2) is 37.0 Å². The molecule has 1 aromatic heterocycles. The number of hydrogen-bond acceptors (Lipinski definition) is 3. The number of amides is 1. The van der Waals surface area contributed by atoms with Crippen LogP contribution in [0.3, 0.4) is 0 Å². The summed E-state index contributed by atoms with van der Waals surface area (Å²) in [7, 11) is 0.